The molecule has 0 radical (unpaired) electrons. The smallest absolute Gasteiger partial charge is 0.253 e. The molecular formula is C15H15Cl2N3O3. The molecule has 2 N–H and O–H groups in total. The Morgan fingerprint density at radius 3 is 2.83 bits per heavy atom. The van der Waals surface area contributed by atoms with Crippen molar-refractivity contribution in [3.05, 3.63) is 33.8 Å². The molecule has 2 atom stereocenters. The van der Waals surface area contributed by atoms with Crippen LogP contribution in [0.5, 0.6) is 0 Å². The normalized spacial score (nSPS) is 22.7. The summed E-state index contributed by atoms with van der Waals surface area (Å²) in [4.78, 5) is 37.5. The quantitative estimate of drug-likeness (QED) is 0.846. The van der Waals surface area contributed by atoms with Crippen molar-refractivity contribution in [2.45, 2.75) is 0 Å². The predicted molar refractivity (Wildman–Crippen MR) is 85.4 cm³/mol. The van der Waals surface area contributed by atoms with Crippen molar-refractivity contribution in [3.63, 3.8) is 0 Å². The summed E-state index contributed by atoms with van der Waals surface area (Å²) in [6.07, 6.45) is 0. The van der Waals surface area contributed by atoms with Gasteiger partial charge in [0.2, 0.25) is 11.8 Å². The van der Waals surface area contributed by atoms with Crippen LogP contribution in [0.3, 0.4) is 0 Å². The summed E-state index contributed by atoms with van der Waals surface area (Å²) in [6.45, 7) is 1.42. The Hall–Kier alpha value is -1.79. The van der Waals surface area contributed by atoms with Gasteiger partial charge >= 0.3 is 0 Å². The summed E-state index contributed by atoms with van der Waals surface area (Å²) in [5.41, 5.74) is 0.227. The minimum absolute atomic E-state index is 0.0000415. The number of nitrogens with zero attached hydrogens (tertiary/aromatic N) is 1. The van der Waals surface area contributed by atoms with Crippen LogP contribution in [0, 0.1) is 11.8 Å². The Kier molecular flexibility index (Phi) is 4.46. The van der Waals surface area contributed by atoms with E-state index in [-0.39, 0.29) is 40.8 Å². The number of carbonyl (C=O) groups is 3. The van der Waals surface area contributed by atoms with E-state index in [9.17, 15) is 14.4 Å². The van der Waals surface area contributed by atoms with Gasteiger partial charge in [0.1, 0.15) is 0 Å². The lowest BCUT2D eigenvalue weighted by Crippen LogP contribution is -2.40. The molecule has 2 fully saturated rings. The van der Waals surface area contributed by atoms with Crippen molar-refractivity contribution in [2.75, 3.05) is 26.2 Å². The maximum Gasteiger partial charge on any atom is 0.253 e. The van der Waals surface area contributed by atoms with Gasteiger partial charge in [0, 0.05) is 30.6 Å². The standard InChI is InChI=1S/C15H15Cl2N3O3/c16-9-1-2-12(17)10(3-9)14(22)19-5-13(21)20-6-8-4-18-15(23)11(8)7-20/h1-3,8,11H,4-7H2,(H,18,23)(H,19,22)/t8-,11+/m0/s1. The topological polar surface area (TPSA) is 78.5 Å². The zero-order valence-corrected chi connectivity index (χ0v) is 13.7. The van der Waals surface area contributed by atoms with Crippen molar-refractivity contribution in [2.24, 2.45) is 11.8 Å². The van der Waals surface area contributed by atoms with Gasteiger partial charge in [-0.05, 0) is 18.2 Å². The fourth-order valence-electron chi connectivity index (χ4n) is 2.98. The number of halogens is 2. The van der Waals surface area contributed by atoms with Crippen molar-refractivity contribution < 1.29 is 14.4 Å². The van der Waals surface area contributed by atoms with E-state index in [2.05, 4.69) is 10.6 Å². The first-order chi connectivity index (χ1) is 11.0. The molecule has 0 saturated carbocycles. The van der Waals surface area contributed by atoms with Gasteiger partial charge in [0.25, 0.3) is 5.91 Å². The number of carbonyl (C=O) groups excluding carboxylic acids is 3. The maximum atomic E-state index is 12.2. The van der Waals surface area contributed by atoms with E-state index in [4.69, 9.17) is 23.2 Å². The molecule has 3 amide bonds. The van der Waals surface area contributed by atoms with Crippen LogP contribution in [-0.2, 0) is 9.59 Å². The molecule has 2 saturated heterocycles. The lowest BCUT2D eigenvalue weighted by Gasteiger charge is -2.17. The van der Waals surface area contributed by atoms with E-state index >= 15 is 0 Å². The zero-order chi connectivity index (χ0) is 16.6. The Morgan fingerprint density at radius 1 is 1.30 bits per heavy atom. The van der Waals surface area contributed by atoms with E-state index in [0.717, 1.165) is 0 Å². The highest BCUT2D eigenvalue weighted by atomic mass is 35.5. The molecule has 23 heavy (non-hydrogen) atoms. The van der Waals surface area contributed by atoms with Crippen LogP contribution in [0.2, 0.25) is 10.0 Å². The Labute approximate surface area is 143 Å². The molecule has 1 aromatic carbocycles. The molecule has 1 aromatic rings. The number of rotatable bonds is 3. The van der Waals surface area contributed by atoms with Gasteiger partial charge in [-0.1, -0.05) is 23.2 Å². The molecule has 3 rings (SSSR count). The molecule has 6 nitrogen and oxygen atoms in total. The van der Waals surface area contributed by atoms with Crippen molar-refractivity contribution in [1.82, 2.24) is 15.5 Å². The van der Waals surface area contributed by atoms with Crippen LogP contribution in [0.4, 0.5) is 0 Å². The van der Waals surface area contributed by atoms with Gasteiger partial charge in [-0.15, -0.1) is 0 Å². The summed E-state index contributed by atoms with van der Waals surface area (Å²) in [5.74, 6) is -0.622. The second-order valence-electron chi connectivity index (χ2n) is 5.72. The highest BCUT2D eigenvalue weighted by Crippen LogP contribution is 2.27. The highest BCUT2D eigenvalue weighted by molar-refractivity contribution is 6.35. The molecule has 0 bridgehead atoms. The largest absolute Gasteiger partial charge is 0.355 e. The maximum absolute atomic E-state index is 12.2. The van der Waals surface area contributed by atoms with Gasteiger partial charge in [0.05, 0.1) is 23.0 Å². The molecule has 8 heteroatoms. The first-order valence-corrected chi connectivity index (χ1v) is 8.00. The van der Waals surface area contributed by atoms with Gasteiger partial charge in [-0.3, -0.25) is 14.4 Å². The molecule has 0 aliphatic carbocycles. The van der Waals surface area contributed by atoms with Gasteiger partial charge in [-0.2, -0.15) is 0 Å². The fraction of sp³-hybridized carbons (Fsp3) is 0.400. The van der Waals surface area contributed by atoms with E-state index in [0.29, 0.717) is 24.7 Å². The summed E-state index contributed by atoms with van der Waals surface area (Å²) in [5, 5.41) is 6.00. The first kappa shape index (κ1) is 16.1. The van der Waals surface area contributed by atoms with Crippen LogP contribution < -0.4 is 10.6 Å². The summed E-state index contributed by atoms with van der Waals surface area (Å²) in [6, 6.07) is 4.56. The van der Waals surface area contributed by atoms with Crippen molar-refractivity contribution >= 4 is 40.9 Å². The van der Waals surface area contributed by atoms with Crippen molar-refractivity contribution in [3.8, 4) is 0 Å². The summed E-state index contributed by atoms with van der Waals surface area (Å²) in [7, 11) is 0. The van der Waals surface area contributed by atoms with Gasteiger partial charge in [0.15, 0.2) is 0 Å². The monoisotopic (exact) mass is 355 g/mol. The molecular weight excluding hydrogens is 341 g/mol. The Morgan fingerprint density at radius 2 is 2.09 bits per heavy atom. The molecule has 0 spiro atoms. The number of fused-ring (bicyclic) bond motifs is 1. The van der Waals surface area contributed by atoms with Crippen LogP contribution in [0.1, 0.15) is 10.4 Å². The fourth-order valence-corrected chi connectivity index (χ4v) is 3.35. The summed E-state index contributed by atoms with van der Waals surface area (Å²) < 4.78 is 0. The molecule has 2 heterocycles. The second-order valence-corrected chi connectivity index (χ2v) is 6.56. The van der Waals surface area contributed by atoms with E-state index < -0.39 is 5.91 Å². The van der Waals surface area contributed by atoms with E-state index in [1.165, 1.54) is 12.1 Å². The third kappa shape index (κ3) is 3.28. The van der Waals surface area contributed by atoms with Crippen LogP contribution in [0.25, 0.3) is 0 Å². The number of hydrogen-bond acceptors (Lipinski definition) is 3. The van der Waals surface area contributed by atoms with E-state index in [1.54, 1.807) is 11.0 Å². The van der Waals surface area contributed by atoms with Crippen LogP contribution in [-0.4, -0.2) is 48.8 Å². The molecule has 0 aromatic heterocycles. The Bertz CT molecular complexity index is 680. The van der Waals surface area contributed by atoms with Gasteiger partial charge in [-0.25, -0.2) is 0 Å². The average molecular weight is 356 g/mol. The lowest BCUT2D eigenvalue weighted by molar-refractivity contribution is -0.129. The summed E-state index contributed by atoms with van der Waals surface area (Å²) >= 11 is 11.8. The first-order valence-electron chi connectivity index (χ1n) is 7.24. The van der Waals surface area contributed by atoms with Gasteiger partial charge < -0.3 is 15.5 Å². The predicted octanol–water partition coefficient (Wildman–Crippen LogP) is 0.928. The molecule has 2 aliphatic rings. The minimum Gasteiger partial charge on any atom is -0.355 e. The lowest BCUT2D eigenvalue weighted by atomic mass is 10.0. The number of benzene rings is 1. The molecule has 2 aliphatic heterocycles. The van der Waals surface area contributed by atoms with Crippen molar-refractivity contribution in [1.29, 1.82) is 0 Å². The third-order valence-corrected chi connectivity index (χ3v) is 4.81. The number of likely N-dealkylation sites (tertiary alicyclic amines) is 1. The molecule has 0 unspecified atom stereocenters. The van der Waals surface area contributed by atoms with E-state index in [1.807, 2.05) is 0 Å². The third-order valence-electron chi connectivity index (χ3n) is 4.24. The number of hydrogen-bond donors (Lipinski definition) is 2. The number of nitrogens with one attached hydrogen (secondary N) is 2. The average Bonchev–Trinajstić information content (AvgIpc) is 3.09. The van der Waals surface area contributed by atoms with Crippen LogP contribution >= 0.6 is 23.2 Å². The Balaban J connectivity index is 1.56. The SMILES string of the molecule is O=C(NCC(=O)N1C[C@@H]2CNC(=O)[C@@H]2C1)c1cc(Cl)ccc1Cl. The second kappa shape index (κ2) is 6.37. The highest BCUT2D eigenvalue weighted by Gasteiger charge is 2.43. The van der Waals surface area contributed by atoms with Crippen LogP contribution in [0.15, 0.2) is 18.2 Å². The molecule has 122 valence electrons. The zero-order valence-electron chi connectivity index (χ0n) is 12.1. The number of amides is 3. The minimum atomic E-state index is -0.456.